The minimum Gasteiger partial charge on any atom is -0.394 e. The maximum absolute atomic E-state index is 11.7. The number of ether oxygens (including phenoxy) is 5. The predicted molar refractivity (Wildman–Crippen MR) is 124 cm³/mol. The van der Waals surface area contributed by atoms with E-state index in [1.165, 1.54) is 0 Å². The van der Waals surface area contributed by atoms with Crippen LogP contribution in [0.25, 0.3) is 0 Å². The Hall–Kier alpha value is -1.62. The molecular weight excluding hydrogens is 548 g/mol. The smallest absolute Gasteiger partial charge is 0.217 e. The van der Waals surface area contributed by atoms with Gasteiger partial charge in [-0.05, 0) is 0 Å². The molecule has 0 radical (unpaired) electrons. The molecule has 0 unspecified atom stereocenters. The zero-order valence-electron chi connectivity index (χ0n) is 21.7. The highest BCUT2D eigenvalue weighted by Gasteiger charge is 2.54. The molecule has 0 aromatic rings. The fraction of sp³-hybridized carbons (Fsp3) is 0.909. The molecule has 40 heavy (non-hydrogen) atoms. The molecule has 0 aromatic heterocycles. The van der Waals surface area contributed by atoms with Gasteiger partial charge in [0, 0.05) is 13.8 Å². The molecule has 0 saturated carbocycles. The molecule has 11 N–H and O–H groups in total. The molecule has 3 fully saturated rings. The molecule has 2 amide bonds. The van der Waals surface area contributed by atoms with Crippen molar-refractivity contribution in [3.63, 3.8) is 0 Å². The van der Waals surface area contributed by atoms with Crippen LogP contribution in [-0.4, -0.2) is 170 Å². The predicted octanol–water partition coefficient (Wildman–Crippen LogP) is -7.29. The monoisotopic (exact) mass is 586 g/mol. The molecule has 0 aromatic carbocycles. The van der Waals surface area contributed by atoms with Crippen molar-refractivity contribution in [2.45, 2.75) is 106 Å². The number of aliphatic hydroxyl groups is 9. The minimum absolute atomic E-state index is 0.641. The van der Waals surface area contributed by atoms with E-state index in [0.29, 0.717) is 0 Å². The second kappa shape index (κ2) is 14.0. The zero-order valence-corrected chi connectivity index (χ0v) is 21.7. The summed E-state index contributed by atoms with van der Waals surface area (Å²) in [5.74, 6) is -1.28. The Labute approximate surface area is 228 Å². The average molecular weight is 587 g/mol. The van der Waals surface area contributed by atoms with E-state index in [4.69, 9.17) is 23.7 Å². The molecule has 0 spiro atoms. The fourth-order valence-electron chi connectivity index (χ4n) is 4.86. The molecule has 15 atom stereocenters. The third-order valence-corrected chi connectivity index (χ3v) is 6.90. The summed E-state index contributed by atoms with van der Waals surface area (Å²) in [6, 6.07) is -2.80. The van der Waals surface area contributed by atoms with Gasteiger partial charge in [0.15, 0.2) is 18.9 Å². The standard InChI is InChI=1S/C22H38N2O16/c1-6(28)23-11-15(32)13(30)8(3-25)37-21(11)39-18-10(5-27)38-22(17(34)16(18)33)40-19-12(24-7(2)29)20(35)36-9(4-26)14(19)31/h8-22,25-27,30-35H,3-5H2,1-2H3,(H,23,28)(H,24,29)/t8-,9-,10-,11-,12-,13+,14+,15-,16-,17-,18+,19-,20+,21+,22+/m1/s1. The Morgan fingerprint density at radius 1 is 0.600 bits per heavy atom. The summed E-state index contributed by atoms with van der Waals surface area (Å²) >= 11 is 0. The zero-order chi connectivity index (χ0) is 29.9. The first kappa shape index (κ1) is 32.9. The lowest BCUT2D eigenvalue weighted by Gasteiger charge is -2.49. The number of hydrogen-bond donors (Lipinski definition) is 11. The van der Waals surface area contributed by atoms with Crippen molar-refractivity contribution in [1.29, 1.82) is 0 Å². The minimum atomic E-state index is -1.95. The summed E-state index contributed by atoms with van der Waals surface area (Å²) in [5, 5.41) is 96.9. The van der Waals surface area contributed by atoms with Crippen LogP contribution in [0.3, 0.4) is 0 Å². The summed E-state index contributed by atoms with van der Waals surface area (Å²) in [5.41, 5.74) is 0. The maximum Gasteiger partial charge on any atom is 0.217 e. The van der Waals surface area contributed by atoms with Gasteiger partial charge in [0.25, 0.3) is 0 Å². The molecule has 0 aliphatic carbocycles. The van der Waals surface area contributed by atoms with Crippen molar-refractivity contribution in [2.75, 3.05) is 19.8 Å². The number of aliphatic hydroxyl groups excluding tert-OH is 9. The van der Waals surface area contributed by atoms with Crippen molar-refractivity contribution in [2.24, 2.45) is 0 Å². The van der Waals surface area contributed by atoms with Gasteiger partial charge >= 0.3 is 0 Å². The van der Waals surface area contributed by atoms with E-state index < -0.39 is 124 Å². The maximum atomic E-state index is 11.7. The Bertz CT molecular complexity index is 852. The van der Waals surface area contributed by atoms with Gasteiger partial charge in [-0.1, -0.05) is 0 Å². The Balaban J connectivity index is 1.81. The van der Waals surface area contributed by atoms with Crippen molar-refractivity contribution in [1.82, 2.24) is 10.6 Å². The van der Waals surface area contributed by atoms with Gasteiger partial charge in [-0.2, -0.15) is 0 Å². The Morgan fingerprint density at radius 3 is 1.65 bits per heavy atom. The van der Waals surface area contributed by atoms with Crippen LogP contribution < -0.4 is 10.6 Å². The van der Waals surface area contributed by atoms with E-state index in [0.717, 1.165) is 13.8 Å². The molecule has 3 rings (SSSR count). The molecule has 3 aliphatic rings. The van der Waals surface area contributed by atoms with E-state index >= 15 is 0 Å². The second-order valence-corrected chi connectivity index (χ2v) is 9.81. The van der Waals surface area contributed by atoms with Crippen LogP contribution >= 0.6 is 0 Å². The summed E-state index contributed by atoms with van der Waals surface area (Å²) in [4.78, 5) is 23.3. The number of hydrogen-bond acceptors (Lipinski definition) is 16. The highest BCUT2D eigenvalue weighted by molar-refractivity contribution is 5.73. The largest absolute Gasteiger partial charge is 0.394 e. The lowest BCUT2D eigenvalue weighted by Crippen LogP contribution is -2.69. The van der Waals surface area contributed by atoms with Gasteiger partial charge in [-0.3, -0.25) is 9.59 Å². The second-order valence-electron chi connectivity index (χ2n) is 9.81. The molecule has 3 aliphatic heterocycles. The van der Waals surface area contributed by atoms with Crippen LogP contribution in [0.1, 0.15) is 13.8 Å². The molecule has 0 bridgehead atoms. The first-order chi connectivity index (χ1) is 18.8. The van der Waals surface area contributed by atoms with E-state index in [9.17, 15) is 55.5 Å². The van der Waals surface area contributed by atoms with Gasteiger partial charge in [-0.15, -0.1) is 0 Å². The molecule has 3 heterocycles. The number of carbonyl (C=O) groups excluding carboxylic acids is 2. The Kier molecular flexibility index (Phi) is 11.5. The van der Waals surface area contributed by atoms with Crippen LogP contribution in [-0.2, 0) is 33.3 Å². The average Bonchev–Trinajstić information content (AvgIpc) is 2.90. The van der Waals surface area contributed by atoms with Crippen LogP contribution in [0.5, 0.6) is 0 Å². The van der Waals surface area contributed by atoms with Crippen molar-refractivity contribution in [3.8, 4) is 0 Å². The first-order valence-corrected chi connectivity index (χ1v) is 12.6. The lowest BCUT2D eigenvalue weighted by atomic mass is 9.94. The van der Waals surface area contributed by atoms with Crippen LogP contribution in [0.15, 0.2) is 0 Å². The number of carbonyl (C=O) groups is 2. The lowest BCUT2D eigenvalue weighted by molar-refractivity contribution is -0.364. The molecule has 18 heteroatoms. The first-order valence-electron chi connectivity index (χ1n) is 12.6. The van der Waals surface area contributed by atoms with Crippen molar-refractivity contribution < 1.29 is 79.2 Å². The number of rotatable bonds is 9. The third-order valence-electron chi connectivity index (χ3n) is 6.90. The molecule has 232 valence electrons. The highest BCUT2D eigenvalue weighted by Crippen LogP contribution is 2.32. The van der Waals surface area contributed by atoms with Crippen molar-refractivity contribution in [3.05, 3.63) is 0 Å². The van der Waals surface area contributed by atoms with Crippen LogP contribution in [0, 0.1) is 0 Å². The van der Waals surface area contributed by atoms with E-state index in [-0.39, 0.29) is 0 Å². The third kappa shape index (κ3) is 7.05. The normalized spacial score (nSPS) is 46.0. The van der Waals surface area contributed by atoms with E-state index in [1.54, 1.807) is 0 Å². The van der Waals surface area contributed by atoms with Gasteiger partial charge in [0.2, 0.25) is 11.8 Å². The summed E-state index contributed by atoms with van der Waals surface area (Å²) in [6.07, 6.45) is -21.2. The van der Waals surface area contributed by atoms with E-state index in [1.807, 2.05) is 0 Å². The van der Waals surface area contributed by atoms with E-state index in [2.05, 4.69) is 10.6 Å². The summed E-state index contributed by atoms with van der Waals surface area (Å²) in [7, 11) is 0. The van der Waals surface area contributed by atoms with Crippen LogP contribution in [0.2, 0.25) is 0 Å². The number of amides is 2. The van der Waals surface area contributed by atoms with Gasteiger partial charge in [0.05, 0.1) is 19.8 Å². The SMILES string of the molecule is CC(=O)N[C@@H]1[C@@H](O[C@@H]2O[C@H](CO)[C@H](O[C@@H]3O[C@H](CO)[C@H](O)[C@H](O)[C@H]3NC(C)=O)[C@H](O)[C@H]2O)[C@@H](O)[C@@H](CO)O[C@@H]1O. The number of nitrogens with one attached hydrogen (secondary N) is 2. The highest BCUT2D eigenvalue weighted by atomic mass is 16.7. The molecule has 3 saturated heterocycles. The Morgan fingerprint density at radius 2 is 1.10 bits per heavy atom. The summed E-state index contributed by atoms with van der Waals surface area (Å²) < 4.78 is 27.5. The van der Waals surface area contributed by atoms with Gasteiger partial charge < -0.3 is 80.3 Å². The topological polar surface area (TPSA) is 286 Å². The molecular formula is C22H38N2O16. The quantitative estimate of drug-likeness (QED) is 0.120. The van der Waals surface area contributed by atoms with Crippen molar-refractivity contribution >= 4 is 11.8 Å². The summed E-state index contributed by atoms with van der Waals surface area (Å²) in [6.45, 7) is -0.101. The van der Waals surface area contributed by atoms with Gasteiger partial charge in [-0.25, -0.2) is 0 Å². The van der Waals surface area contributed by atoms with Crippen LogP contribution in [0.4, 0.5) is 0 Å². The fourth-order valence-corrected chi connectivity index (χ4v) is 4.86. The molecule has 18 nitrogen and oxygen atoms in total. The van der Waals surface area contributed by atoms with Gasteiger partial charge in [0.1, 0.15) is 73.1 Å².